The average Bonchev–Trinajstić information content (AvgIpc) is 3.27. The van der Waals surface area contributed by atoms with Gasteiger partial charge in [-0.15, -0.1) is 0 Å². The first kappa shape index (κ1) is 31.1. The number of carboxylic acids is 1. The van der Waals surface area contributed by atoms with Crippen molar-refractivity contribution in [3.8, 4) is 0 Å². The Kier molecular flexibility index (Phi) is 11.7. The van der Waals surface area contributed by atoms with Gasteiger partial charge in [-0.3, -0.25) is 19.4 Å². The molecule has 214 valence electrons. The molecule has 3 amide bonds. The number of H-pyrrole nitrogens is 1. The van der Waals surface area contributed by atoms with Crippen LogP contribution in [0.15, 0.2) is 35.5 Å². The number of aromatic nitrogens is 1. The lowest BCUT2D eigenvalue weighted by Gasteiger charge is -2.24. The molecule has 0 aliphatic heterocycles. The normalized spacial score (nSPS) is 14.2. The van der Waals surface area contributed by atoms with E-state index in [2.05, 4.69) is 25.9 Å². The van der Waals surface area contributed by atoms with Gasteiger partial charge in [-0.1, -0.05) is 32.0 Å². The van der Waals surface area contributed by atoms with E-state index in [0.29, 0.717) is 12.8 Å². The van der Waals surface area contributed by atoms with Crippen LogP contribution in [0, 0.1) is 5.92 Å². The Morgan fingerprint density at radius 3 is 2.28 bits per heavy atom. The second kappa shape index (κ2) is 14.7. The standard InChI is InChI=1S/C26H40N8O5/c1-14(2)11-18(27)23(36)32-15(3)22(35)33-20(9-6-10-30-26(28)29)24(37)34-21(25(38)39)12-16-13-31-19-8-5-4-7-17(16)19/h4-5,7-8,13-15,18,20-21,31H,6,9-12,27H2,1-3H3,(H,32,36)(H,33,35)(H,34,37)(H,38,39)(H4,28,29,30). The molecular weight excluding hydrogens is 504 g/mol. The number of carbonyl (C=O) groups is 4. The molecule has 1 aromatic carbocycles. The number of guanidine groups is 1. The quantitative estimate of drug-likeness (QED) is 0.0840. The number of fused-ring (bicyclic) bond motifs is 1. The molecule has 0 bridgehead atoms. The smallest absolute Gasteiger partial charge is 0.326 e. The lowest BCUT2D eigenvalue weighted by atomic mass is 10.0. The van der Waals surface area contributed by atoms with Crippen molar-refractivity contribution in [2.75, 3.05) is 6.54 Å². The topological polar surface area (TPSA) is 231 Å². The third-order valence-corrected chi connectivity index (χ3v) is 6.11. The number of rotatable bonds is 15. The lowest BCUT2D eigenvalue weighted by Crippen LogP contribution is -2.56. The Morgan fingerprint density at radius 1 is 0.974 bits per heavy atom. The van der Waals surface area contributed by atoms with Crippen molar-refractivity contribution in [1.29, 1.82) is 0 Å². The maximum Gasteiger partial charge on any atom is 0.326 e. The van der Waals surface area contributed by atoms with E-state index in [0.717, 1.165) is 16.5 Å². The van der Waals surface area contributed by atoms with Crippen molar-refractivity contribution in [2.24, 2.45) is 28.1 Å². The van der Waals surface area contributed by atoms with Crippen molar-refractivity contribution < 1.29 is 24.3 Å². The Morgan fingerprint density at radius 2 is 1.64 bits per heavy atom. The van der Waals surface area contributed by atoms with E-state index in [1.807, 2.05) is 38.1 Å². The van der Waals surface area contributed by atoms with E-state index in [-0.39, 0.29) is 31.3 Å². The van der Waals surface area contributed by atoms with Crippen molar-refractivity contribution in [3.05, 3.63) is 36.0 Å². The third kappa shape index (κ3) is 9.93. The fraction of sp³-hybridized carbons (Fsp3) is 0.500. The summed E-state index contributed by atoms with van der Waals surface area (Å²) < 4.78 is 0. The van der Waals surface area contributed by atoms with E-state index < -0.39 is 47.9 Å². The molecule has 0 saturated heterocycles. The number of hydrogen-bond donors (Lipinski definition) is 8. The van der Waals surface area contributed by atoms with Gasteiger partial charge in [0.25, 0.3) is 0 Å². The summed E-state index contributed by atoms with van der Waals surface area (Å²) in [6.07, 6.45) is 2.64. The predicted octanol–water partition coefficient (Wildman–Crippen LogP) is -0.304. The Hall–Kier alpha value is -4.13. The number of carboxylic acid groups (broad SMARTS) is 1. The van der Waals surface area contributed by atoms with Crippen LogP contribution in [0.25, 0.3) is 10.9 Å². The van der Waals surface area contributed by atoms with E-state index >= 15 is 0 Å². The first-order valence-corrected chi connectivity index (χ1v) is 12.9. The number of nitrogens with zero attached hydrogens (tertiary/aromatic N) is 1. The molecule has 39 heavy (non-hydrogen) atoms. The molecule has 1 heterocycles. The second-order valence-corrected chi connectivity index (χ2v) is 9.94. The average molecular weight is 545 g/mol. The number of aliphatic carboxylic acids is 1. The van der Waals surface area contributed by atoms with Crippen LogP contribution in [-0.4, -0.2) is 70.5 Å². The van der Waals surface area contributed by atoms with Crippen LogP contribution in [0.3, 0.4) is 0 Å². The molecule has 2 aromatic rings. The zero-order valence-electron chi connectivity index (χ0n) is 22.6. The molecular formula is C26H40N8O5. The first-order valence-electron chi connectivity index (χ1n) is 12.9. The molecule has 2 rings (SSSR count). The highest BCUT2D eigenvalue weighted by Crippen LogP contribution is 2.19. The van der Waals surface area contributed by atoms with Crippen LogP contribution in [0.4, 0.5) is 0 Å². The van der Waals surface area contributed by atoms with E-state index in [1.165, 1.54) is 6.92 Å². The molecule has 0 aliphatic rings. The minimum absolute atomic E-state index is 0.0277. The van der Waals surface area contributed by atoms with Crippen molar-refractivity contribution >= 4 is 40.6 Å². The molecule has 0 spiro atoms. The fourth-order valence-corrected chi connectivity index (χ4v) is 4.06. The highest BCUT2D eigenvalue weighted by molar-refractivity contribution is 5.94. The van der Waals surface area contributed by atoms with Gasteiger partial charge in [0.15, 0.2) is 5.96 Å². The second-order valence-electron chi connectivity index (χ2n) is 9.94. The number of amides is 3. The molecule has 0 saturated carbocycles. The largest absolute Gasteiger partial charge is 0.480 e. The van der Waals surface area contributed by atoms with Crippen LogP contribution in [0.1, 0.15) is 45.6 Å². The summed E-state index contributed by atoms with van der Waals surface area (Å²) in [5, 5.41) is 18.4. The van der Waals surface area contributed by atoms with Crippen LogP contribution in [0.2, 0.25) is 0 Å². The van der Waals surface area contributed by atoms with Gasteiger partial charge in [0.2, 0.25) is 17.7 Å². The summed E-state index contributed by atoms with van der Waals surface area (Å²) >= 11 is 0. The van der Waals surface area contributed by atoms with Crippen LogP contribution >= 0.6 is 0 Å². The molecule has 1 aromatic heterocycles. The zero-order valence-corrected chi connectivity index (χ0v) is 22.6. The van der Waals surface area contributed by atoms with Gasteiger partial charge in [0.1, 0.15) is 18.1 Å². The van der Waals surface area contributed by atoms with Crippen molar-refractivity contribution in [3.63, 3.8) is 0 Å². The summed E-state index contributed by atoms with van der Waals surface area (Å²) in [6, 6.07) is 3.31. The predicted molar refractivity (Wildman–Crippen MR) is 148 cm³/mol. The number of hydrogen-bond acceptors (Lipinski definition) is 6. The number of aliphatic imine (C=N–C) groups is 1. The van der Waals surface area contributed by atoms with Gasteiger partial charge < -0.3 is 43.2 Å². The van der Waals surface area contributed by atoms with Gasteiger partial charge in [-0.2, -0.15) is 0 Å². The number of para-hydroxylation sites is 1. The van der Waals surface area contributed by atoms with Gasteiger partial charge in [0, 0.05) is 30.1 Å². The highest BCUT2D eigenvalue weighted by Gasteiger charge is 2.29. The lowest BCUT2D eigenvalue weighted by molar-refractivity contribution is -0.142. The van der Waals surface area contributed by atoms with Crippen LogP contribution in [-0.2, 0) is 25.6 Å². The van der Waals surface area contributed by atoms with Gasteiger partial charge in [0.05, 0.1) is 6.04 Å². The molecule has 13 heteroatoms. The van der Waals surface area contributed by atoms with Gasteiger partial charge in [-0.25, -0.2) is 4.79 Å². The summed E-state index contributed by atoms with van der Waals surface area (Å²) in [6.45, 7) is 5.53. The molecule has 0 fully saturated rings. The monoisotopic (exact) mass is 544 g/mol. The summed E-state index contributed by atoms with van der Waals surface area (Å²) in [5.41, 5.74) is 18.2. The number of nitrogens with one attached hydrogen (secondary N) is 4. The third-order valence-electron chi connectivity index (χ3n) is 6.11. The summed E-state index contributed by atoms with van der Waals surface area (Å²) in [7, 11) is 0. The number of nitrogens with two attached hydrogens (primary N) is 3. The van der Waals surface area contributed by atoms with Gasteiger partial charge >= 0.3 is 5.97 Å². The minimum atomic E-state index is -1.25. The van der Waals surface area contributed by atoms with Gasteiger partial charge in [-0.05, 0) is 43.7 Å². The van der Waals surface area contributed by atoms with Crippen LogP contribution in [0.5, 0.6) is 0 Å². The highest BCUT2D eigenvalue weighted by atomic mass is 16.4. The maximum absolute atomic E-state index is 13.2. The summed E-state index contributed by atoms with van der Waals surface area (Å²) in [4.78, 5) is 57.4. The molecule has 0 aliphatic carbocycles. The van der Waals surface area contributed by atoms with Crippen LogP contribution < -0.4 is 33.2 Å². The Bertz CT molecular complexity index is 1170. The van der Waals surface area contributed by atoms with E-state index in [1.54, 1.807) is 6.20 Å². The Labute approximate surface area is 227 Å². The molecule has 0 radical (unpaired) electrons. The molecule has 4 unspecified atom stereocenters. The summed E-state index contributed by atoms with van der Waals surface area (Å²) in [5.74, 6) is -2.93. The van der Waals surface area contributed by atoms with Crippen molar-refractivity contribution in [1.82, 2.24) is 20.9 Å². The maximum atomic E-state index is 13.2. The minimum Gasteiger partial charge on any atom is -0.480 e. The zero-order chi connectivity index (χ0) is 29.1. The molecule has 4 atom stereocenters. The van der Waals surface area contributed by atoms with E-state index in [9.17, 15) is 24.3 Å². The number of carbonyl (C=O) groups excluding carboxylic acids is 3. The molecule has 11 N–H and O–H groups in total. The molecule has 13 nitrogen and oxygen atoms in total. The number of aromatic amines is 1. The van der Waals surface area contributed by atoms with E-state index in [4.69, 9.17) is 17.2 Å². The Balaban J connectivity index is 2.12. The SMILES string of the molecule is CC(C)CC(N)C(=O)NC(C)C(=O)NC(CCCN=C(N)N)C(=O)NC(Cc1c[nH]c2ccccc12)C(=O)O. The fourth-order valence-electron chi connectivity index (χ4n) is 4.06. The first-order chi connectivity index (χ1) is 18.4. The van der Waals surface area contributed by atoms with Crippen molar-refractivity contribution in [2.45, 2.75) is 70.6 Å². The number of benzene rings is 1.